The number of alkyl carbamates (subject to hydrolysis) is 2. The molecule has 59 heavy (non-hydrogen) atoms. The van der Waals surface area contributed by atoms with Crippen molar-refractivity contribution in [3.05, 3.63) is 78.8 Å². The van der Waals surface area contributed by atoms with Crippen LogP contribution in [0, 0.1) is 11.8 Å². The number of likely N-dealkylation sites (tertiary alicyclic amines) is 2. The predicted molar refractivity (Wildman–Crippen MR) is 218 cm³/mol. The zero-order chi connectivity index (χ0) is 41.8. The number of nitrogens with zero attached hydrogens (tertiary/aromatic N) is 7. The van der Waals surface area contributed by atoms with E-state index in [1.165, 1.54) is 14.2 Å². The second-order valence-corrected chi connectivity index (χ2v) is 15.6. The van der Waals surface area contributed by atoms with Crippen molar-refractivity contribution in [2.45, 2.75) is 77.5 Å². The molecule has 0 aliphatic carbocycles. The van der Waals surface area contributed by atoms with Crippen molar-refractivity contribution < 1.29 is 28.7 Å². The van der Waals surface area contributed by atoms with Crippen LogP contribution in [0.1, 0.15) is 77.1 Å². The summed E-state index contributed by atoms with van der Waals surface area (Å²) in [5.41, 5.74) is 5.95. The number of carbonyl (C=O) groups excluding carboxylic acids is 4. The van der Waals surface area contributed by atoms with Gasteiger partial charge in [0, 0.05) is 18.7 Å². The Morgan fingerprint density at radius 2 is 1.12 bits per heavy atom. The molecule has 2 saturated heterocycles. The van der Waals surface area contributed by atoms with Gasteiger partial charge in [0.2, 0.25) is 11.8 Å². The molecule has 0 unspecified atom stereocenters. The van der Waals surface area contributed by atoms with E-state index in [2.05, 4.69) is 40.9 Å². The number of hydrogen-bond acceptors (Lipinski definition) is 10. The van der Waals surface area contributed by atoms with Crippen LogP contribution in [0.25, 0.3) is 39.5 Å². The van der Waals surface area contributed by atoms with E-state index in [1.54, 1.807) is 26.9 Å². The standard InChI is InChI=1S/C42H51N11O6/c1-24(2)35(47-41(56)58-5)39(54)51-19-7-9-33(51)37-43-21-30(45-37)26-11-13-28(14-12-26)32-23-53(50-49-32)29-17-15-27(16-18-29)31-22-44-38(46-31)34-10-8-20-52(34)40(55)36(25(3)4)48-42(57)59-6/h11-18,21-25,33-36H,7-10,19-20H2,1-6H3,(H,43,45)(H,44,46)(H,47,56)(H,48,57)/t33-,34-,35-,36-/m0/s1. The quantitative estimate of drug-likeness (QED) is 0.119. The number of carbonyl (C=O) groups is 4. The van der Waals surface area contributed by atoms with Gasteiger partial charge in [0.1, 0.15) is 29.4 Å². The minimum Gasteiger partial charge on any atom is -0.453 e. The first-order valence-corrected chi connectivity index (χ1v) is 20.0. The summed E-state index contributed by atoms with van der Waals surface area (Å²) in [7, 11) is 2.57. The maximum atomic E-state index is 13.5. The molecule has 0 spiro atoms. The van der Waals surface area contributed by atoms with Crippen LogP contribution in [-0.2, 0) is 19.1 Å². The van der Waals surface area contributed by atoms with Gasteiger partial charge in [0.15, 0.2) is 0 Å². The predicted octanol–water partition coefficient (Wildman–Crippen LogP) is 5.80. The lowest BCUT2D eigenvalue weighted by atomic mass is 10.0. The maximum absolute atomic E-state index is 13.5. The Kier molecular flexibility index (Phi) is 12.1. The molecular formula is C42H51N11O6. The van der Waals surface area contributed by atoms with Gasteiger partial charge >= 0.3 is 12.2 Å². The monoisotopic (exact) mass is 805 g/mol. The molecule has 17 nitrogen and oxygen atoms in total. The van der Waals surface area contributed by atoms with Crippen LogP contribution in [0.3, 0.4) is 0 Å². The molecule has 7 rings (SSSR count). The van der Waals surface area contributed by atoms with Gasteiger partial charge in [-0.1, -0.05) is 69.3 Å². The van der Waals surface area contributed by atoms with Gasteiger partial charge in [0.25, 0.3) is 0 Å². The second kappa shape index (κ2) is 17.5. The fourth-order valence-corrected chi connectivity index (χ4v) is 7.83. The number of aromatic amines is 2. The summed E-state index contributed by atoms with van der Waals surface area (Å²) in [4.78, 5) is 70.7. The van der Waals surface area contributed by atoms with E-state index in [-0.39, 0.29) is 35.7 Å². The van der Waals surface area contributed by atoms with Gasteiger partial charge in [0.05, 0.1) is 62.0 Å². The number of benzene rings is 2. The number of nitrogens with one attached hydrogen (secondary N) is 4. The molecule has 0 radical (unpaired) electrons. The van der Waals surface area contributed by atoms with E-state index in [4.69, 9.17) is 9.47 Å². The van der Waals surface area contributed by atoms with Crippen molar-refractivity contribution >= 4 is 24.0 Å². The Morgan fingerprint density at radius 3 is 1.56 bits per heavy atom. The van der Waals surface area contributed by atoms with Crippen LogP contribution < -0.4 is 10.6 Å². The van der Waals surface area contributed by atoms with Crippen molar-refractivity contribution in [3.8, 4) is 39.5 Å². The van der Waals surface area contributed by atoms with Gasteiger partial charge in [-0.25, -0.2) is 24.2 Å². The van der Waals surface area contributed by atoms with E-state index >= 15 is 0 Å². The molecule has 4 amide bonds. The average Bonchev–Trinajstić information content (AvgIpc) is 4.10. The number of aromatic nitrogens is 7. The molecule has 0 saturated carbocycles. The maximum Gasteiger partial charge on any atom is 0.407 e. The molecule has 2 aliphatic rings. The summed E-state index contributed by atoms with van der Waals surface area (Å²) >= 11 is 0. The fourth-order valence-electron chi connectivity index (χ4n) is 7.83. The third-order valence-electron chi connectivity index (χ3n) is 11.1. The number of hydrogen-bond donors (Lipinski definition) is 4. The van der Waals surface area contributed by atoms with Crippen molar-refractivity contribution in [1.82, 2.24) is 55.4 Å². The number of amides is 4. The highest BCUT2D eigenvalue weighted by molar-refractivity contribution is 5.87. The van der Waals surface area contributed by atoms with Gasteiger partial charge < -0.3 is 39.9 Å². The van der Waals surface area contributed by atoms with Crippen LogP contribution in [0.15, 0.2) is 67.1 Å². The smallest absolute Gasteiger partial charge is 0.407 e. The lowest BCUT2D eigenvalue weighted by Gasteiger charge is -2.30. The Labute approximate surface area is 342 Å². The zero-order valence-corrected chi connectivity index (χ0v) is 34.1. The molecule has 3 aromatic heterocycles. The molecule has 5 heterocycles. The lowest BCUT2D eigenvalue weighted by molar-refractivity contribution is -0.136. The summed E-state index contributed by atoms with van der Waals surface area (Å²) < 4.78 is 11.2. The van der Waals surface area contributed by atoms with Crippen molar-refractivity contribution in [1.29, 1.82) is 0 Å². The molecule has 17 heteroatoms. The van der Waals surface area contributed by atoms with Gasteiger partial charge in [-0.05, 0) is 60.8 Å². The van der Waals surface area contributed by atoms with E-state index in [0.29, 0.717) is 30.4 Å². The van der Waals surface area contributed by atoms with Gasteiger partial charge in [-0.2, -0.15) is 0 Å². The van der Waals surface area contributed by atoms with Crippen LogP contribution in [0.4, 0.5) is 9.59 Å². The molecule has 2 aromatic carbocycles. The van der Waals surface area contributed by atoms with Crippen LogP contribution in [0.5, 0.6) is 0 Å². The third kappa shape index (κ3) is 8.68. The molecule has 310 valence electrons. The van der Waals surface area contributed by atoms with Crippen LogP contribution in [0.2, 0.25) is 0 Å². The summed E-state index contributed by atoms with van der Waals surface area (Å²) in [6.07, 6.45) is 7.38. The summed E-state index contributed by atoms with van der Waals surface area (Å²) in [6, 6.07) is 14.0. The molecule has 2 fully saturated rings. The molecule has 5 aromatic rings. The Morgan fingerprint density at radius 1 is 0.678 bits per heavy atom. The van der Waals surface area contributed by atoms with E-state index in [0.717, 1.165) is 59.4 Å². The number of rotatable bonds is 12. The highest BCUT2D eigenvalue weighted by Gasteiger charge is 2.39. The first kappa shape index (κ1) is 40.7. The van der Waals surface area contributed by atoms with E-state index in [9.17, 15) is 19.2 Å². The lowest BCUT2D eigenvalue weighted by Crippen LogP contribution is -2.51. The van der Waals surface area contributed by atoms with Gasteiger partial charge in [-0.15, -0.1) is 5.10 Å². The van der Waals surface area contributed by atoms with E-state index in [1.807, 2.05) is 82.4 Å². The first-order valence-electron chi connectivity index (χ1n) is 20.0. The minimum atomic E-state index is -0.698. The van der Waals surface area contributed by atoms with Gasteiger partial charge in [-0.3, -0.25) is 9.59 Å². The average molecular weight is 806 g/mol. The number of methoxy groups -OCH3 is 2. The summed E-state index contributed by atoms with van der Waals surface area (Å²) in [5.74, 6) is 0.876. The Balaban J connectivity index is 0.989. The topological polar surface area (TPSA) is 205 Å². The molecule has 4 N–H and O–H groups in total. The molecule has 2 aliphatic heterocycles. The van der Waals surface area contributed by atoms with Crippen LogP contribution >= 0.6 is 0 Å². The van der Waals surface area contributed by atoms with Crippen LogP contribution in [-0.4, -0.2) is 108 Å². The summed E-state index contributed by atoms with van der Waals surface area (Å²) in [6.45, 7) is 8.74. The Bertz CT molecular complexity index is 2110. The minimum absolute atomic E-state index is 0.114. The van der Waals surface area contributed by atoms with Crippen molar-refractivity contribution in [2.75, 3.05) is 27.3 Å². The highest BCUT2D eigenvalue weighted by atomic mass is 16.5. The number of imidazole rings is 2. The van der Waals surface area contributed by atoms with Crippen molar-refractivity contribution in [3.63, 3.8) is 0 Å². The first-order chi connectivity index (χ1) is 28.4. The molecular weight excluding hydrogens is 755 g/mol. The highest BCUT2D eigenvalue weighted by Crippen LogP contribution is 2.35. The largest absolute Gasteiger partial charge is 0.453 e. The zero-order valence-electron chi connectivity index (χ0n) is 34.1. The number of H-pyrrole nitrogens is 2. The number of ether oxygens (including phenoxy) is 2. The second-order valence-electron chi connectivity index (χ2n) is 15.6. The normalized spacial score (nSPS) is 17.6. The molecule has 0 bridgehead atoms. The van der Waals surface area contributed by atoms with E-state index < -0.39 is 24.3 Å². The van der Waals surface area contributed by atoms with Crippen molar-refractivity contribution in [2.24, 2.45) is 11.8 Å². The summed E-state index contributed by atoms with van der Waals surface area (Å²) in [5, 5.41) is 14.2. The third-order valence-corrected chi connectivity index (χ3v) is 11.1. The fraction of sp³-hybridized carbons (Fsp3) is 0.429. The molecule has 4 atom stereocenters. The SMILES string of the molecule is COC(=O)N[C@H](C(=O)N1CCC[C@H]1c1ncc(-c2ccc(-c3cn(-c4ccc(-c5cnc([C@@H]6CCCN6C(=O)[C@@H](NC(=O)OC)C(C)C)[nH]5)cc4)nn3)cc2)[nH]1)C(C)C. The Hall–Kier alpha value is -6.52.